The topological polar surface area (TPSA) is 81.2 Å². The first-order chi connectivity index (χ1) is 10.5. The highest BCUT2D eigenvalue weighted by Crippen LogP contribution is 2.16. The van der Waals surface area contributed by atoms with Crippen molar-refractivity contribution >= 4 is 17.6 Å². The number of nitrogens with zero attached hydrogens (tertiary/aromatic N) is 2. The molecule has 0 aliphatic heterocycles. The number of amides is 1. The van der Waals surface area contributed by atoms with E-state index in [1.165, 1.54) is 25.5 Å². The van der Waals surface area contributed by atoms with Crippen molar-refractivity contribution < 1.29 is 14.3 Å². The lowest BCUT2D eigenvalue weighted by molar-refractivity contribution is -0.123. The smallest absolute Gasteiger partial charge is 0.359 e. The van der Waals surface area contributed by atoms with Crippen molar-refractivity contribution in [2.45, 2.75) is 26.9 Å². The molecular weight excluding hydrogens is 282 g/mol. The van der Waals surface area contributed by atoms with Gasteiger partial charge in [0.15, 0.2) is 11.8 Å². The Morgan fingerprint density at radius 3 is 2.64 bits per heavy atom. The van der Waals surface area contributed by atoms with Gasteiger partial charge in [-0.3, -0.25) is 9.78 Å². The second-order valence-corrected chi connectivity index (χ2v) is 4.95. The first-order valence-corrected chi connectivity index (χ1v) is 6.82. The average Bonchev–Trinajstić information content (AvgIpc) is 2.50. The predicted octanol–water partition coefficient (Wildman–Crippen LogP) is 2.28. The normalized spacial score (nSPS) is 11.6. The summed E-state index contributed by atoms with van der Waals surface area (Å²) in [5, 5.41) is 2.74. The molecule has 1 amide bonds. The van der Waals surface area contributed by atoms with E-state index in [9.17, 15) is 9.59 Å². The van der Waals surface area contributed by atoms with Crippen molar-refractivity contribution in [3.8, 4) is 0 Å². The van der Waals surface area contributed by atoms with Gasteiger partial charge >= 0.3 is 5.97 Å². The first kappa shape index (κ1) is 15.6. The van der Waals surface area contributed by atoms with Crippen LogP contribution in [-0.2, 0) is 9.53 Å². The van der Waals surface area contributed by atoms with Gasteiger partial charge in [-0.1, -0.05) is 17.7 Å². The molecule has 0 spiro atoms. The third-order valence-corrected chi connectivity index (χ3v) is 3.07. The minimum atomic E-state index is -0.935. The molecule has 2 aromatic rings. The van der Waals surface area contributed by atoms with Gasteiger partial charge in [0, 0.05) is 18.1 Å². The van der Waals surface area contributed by atoms with Crippen LogP contribution >= 0.6 is 0 Å². The zero-order valence-electron chi connectivity index (χ0n) is 12.7. The van der Waals surface area contributed by atoms with Gasteiger partial charge in [0.2, 0.25) is 0 Å². The molecule has 1 N–H and O–H groups in total. The second kappa shape index (κ2) is 6.80. The van der Waals surface area contributed by atoms with E-state index in [0.717, 1.165) is 11.1 Å². The molecule has 22 heavy (non-hydrogen) atoms. The number of ether oxygens (including phenoxy) is 1. The van der Waals surface area contributed by atoms with Crippen LogP contribution in [0, 0.1) is 13.8 Å². The zero-order chi connectivity index (χ0) is 16.1. The minimum absolute atomic E-state index is 0.0636. The number of carbonyl (C=O) groups is 2. The number of aryl methyl sites for hydroxylation is 2. The van der Waals surface area contributed by atoms with Gasteiger partial charge in [-0.05, 0) is 32.4 Å². The Balaban J connectivity index is 1.99. The third-order valence-electron chi connectivity index (χ3n) is 3.07. The van der Waals surface area contributed by atoms with E-state index in [4.69, 9.17) is 4.74 Å². The second-order valence-electron chi connectivity index (χ2n) is 4.95. The minimum Gasteiger partial charge on any atom is -0.448 e. The number of benzene rings is 1. The van der Waals surface area contributed by atoms with Crippen molar-refractivity contribution in [3.05, 3.63) is 53.6 Å². The van der Waals surface area contributed by atoms with E-state index < -0.39 is 18.0 Å². The van der Waals surface area contributed by atoms with Crippen LogP contribution in [-0.4, -0.2) is 27.9 Å². The van der Waals surface area contributed by atoms with Gasteiger partial charge in [0.05, 0.1) is 6.20 Å². The molecule has 6 heteroatoms. The molecule has 0 saturated heterocycles. The molecule has 0 saturated carbocycles. The lowest BCUT2D eigenvalue weighted by Gasteiger charge is -2.14. The largest absolute Gasteiger partial charge is 0.448 e. The van der Waals surface area contributed by atoms with Crippen molar-refractivity contribution in [3.63, 3.8) is 0 Å². The number of carbonyl (C=O) groups excluding carboxylic acids is 2. The van der Waals surface area contributed by atoms with E-state index in [1.807, 2.05) is 32.0 Å². The van der Waals surface area contributed by atoms with Crippen LogP contribution in [0.4, 0.5) is 5.69 Å². The molecule has 0 radical (unpaired) electrons. The maximum absolute atomic E-state index is 12.1. The maximum atomic E-state index is 12.1. The molecule has 0 aliphatic rings. The Morgan fingerprint density at radius 2 is 2.00 bits per heavy atom. The number of aromatic nitrogens is 2. The number of anilines is 1. The van der Waals surface area contributed by atoms with Crippen LogP contribution in [0.15, 0.2) is 36.8 Å². The van der Waals surface area contributed by atoms with Gasteiger partial charge < -0.3 is 10.1 Å². The summed E-state index contributed by atoms with van der Waals surface area (Å²) in [5.74, 6) is -1.08. The summed E-state index contributed by atoms with van der Waals surface area (Å²) in [7, 11) is 0. The van der Waals surface area contributed by atoms with Crippen LogP contribution in [0.3, 0.4) is 0 Å². The highest BCUT2D eigenvalue weighted by molar-refractivity contribution is 5.97. The molecular formula is C16H17N3O3. The van der Waals surface area contributed by atoms with Gasteiger partial charge in [-0.15, -0.1) is 0 Å². The van der Waals surface area contributed by atoms with Crippen LogP contribution in [0.5, 0.6) is 0 Å². The summed E-state index contributed by atoms with van der Waals surface area (Å²) in [4.78, 5) is 31.5. The van der Waals surface area contributed by atoms with Gasteiger partial charge in [0.1, 0.15) is 0 Å². The predicted molar refractivity (Wildman–Crippen MR) is 81.5 cm³/mol. The van der Waals surface area contributed by atoms with E-state index in [-0.39, 0.29) is 5.69 Å². The summed E-state index contributed by atoms with van der Waals surface area (Å²) in [5.41, 5.74) is 2.81. The number of hydrogen-bond acceptors (Lipinski definition) is 5. The Morgan fingerprint density at radius 1 is 1.23 bits per heavy atom. The summed E-state index contributed by atoms with van der Waals surface area (Å²) in [6, 6.07) is 5.68. The van der Waals surface area contributed by atoms with Crippen LogP contribution in [0.25, 0.3) is 0 Å². The molecule has 0 aliphatic carbocycles. The molecule has 0 bridgehead atoms. The Kier molecular flexibility index (Phi) is 4.83. The van der Waals surface area contributed by atoms with E-state index in [2.05, 4.69) is 15.3 Å². The SMILES string of the molecule is Cc1ccc(NC(=O)C(C)OC(=O)c2cnccn2)c(C)c1. The first-order valence-electron chi connectivity index (χ1n) is 6.82. The standard InChI is InChI=1S/C16H17N3O3/c1-10-4-5-13(11(2)8-10)19-15(20)12(3)22-16(21)14-9-17-6-7-18-14/h4-9,12H,1-3H3,(H,19,20). The van der Waals surface area contributed by atoms with E-state index in [0.29, 0.717) is 5.69 Å². The summed E-state index contributed by atoms with van der Waals surface area (Å²) >= 11 is 0. The fourth-order valence-electron chi connectivity index (χ4n) is 1.87. The van der Waals surface area contributed by atoms with Gasteiger partial charge in [-0.25, -0.2) is 9.78 Å². The van der Waals surface area contributed by atoms with Crippen molar-refractivity contribution in [1.29, 1.82) is 0 Å². The summed E-state index contributed by atoms with van der Waals surface area (Å²) in [6.45, 7) is 5.38. The highest BCUT2D eigenvalue weighted by Gasteiger charge is 2.20. The van der Waals surface area contributed by atoms with Crippen LogP contribution in [0.1, 0.15) is 28.5 Å². The van der Waals surface area contributed by atoms with Crippen molar-refractivity contribution in [2.24, 2.45) is 0 Å². The quantitative estimate of drug-likeness (QED) is 0.876. The average molecular weight is 299 g/mol. The fraction of sp³-hybridized carbons (Fsp3) is 0.250. The van der Waals surface area contributed by atoms with E-state index >= 15 is 0 Å². The van der Waals surface area contributed by atoms with Crippen LogP contribution < -0.4 is 5.32 Å². The lowest BCUT2D eigenvalue weighted by atomic mass is 10.1. The number of esters is 1. The van der Waals surface area contributed by atoms with Gasteiger partial charge in [-0.2, -0.15) is 0 Å². The van der Waals surface area contributed by atoms with Crippen molar-refractivity contribution in [2.75, 3.05) is 5.32 Å². The summed E-state index contributed by atoms with van der Waals surface area (Å²) < 4.78 is 5.08. The highest BCUT2D eigenvalue weighted by atomic mass is 16.5. The zero-order valence-corrected chi connectivity index (χ0v) is 12.7. The number of rotatable bonds is 4. The lowest BCUT2D eigenvalue weighted by Crippen LogP contribution is -2.30. The monoisotopic (exact) mass is 299 g/mol. The molecule has 1 atom stereocenters. The molecule has 1 aromatic heterocycles. The molecule has 1 unspecified atom stereocenters. The van der Waals surface area contributed by atoms with Crippen molar-refractivity contribution in [1.82, 2.24) is 9.97 Å². The third kappa shape index (κ3) is 3.88. The number of nitrogens with one attached hydrogen (secondary N) is 1. The number of hydrogen-bond donors (Lipinski definition) is 1. The molecule has 114 valence electrons. The molecule has 2 rings (SSSR count). The maximum Gasteiger partial charge on any atom is 0.359 e. The molecule has 1 heterocycles. The Bertz CT molecular complexity index is 686. The molecule has 1 aromatic carbocycles. The Hall–Kier alpha value is -2.76. The summed E-state index contributed by atoms with van der Waals surface area (Å²) in [6.07, 6.45) is 3.19. The molecule has 6 nitrogen and oxygen atoms in total. The molecule has 0 fully saturated rings. The van der Waals surface area contributed by atoms with E-state index in [1.54, 1.807) is 0 Å². The fourth-order valence-corrected chi connectivity index (χ4v) is 1.87. The van der Waals surface area contributed by atoms with Crippen LogP contribution in [0.2, 0.25) is 0 Å². The Labute approximate surface area is 128 Å². The van der Waals surface area contributed by atoms with Gasteiger partial charge in [0.25, 0.3) is 5.91 Å².